The highest BCUT2D eigenvalue weighted by Gasteiger charge is 2.02. The van der Waals surface area contributed by atoms with E-state index >= 15 is 0 Å². The van der Waals surface area contributed by atoms with E-state index in [0.717, 1.165) is 14.9 Å². The van der Waals surface area contributed by atoms with E-state index in [1.165, 1.54) is 11.8 Å². The molecule has 4 heteroatoms. The standard InChI is InChI=1S/C9H8BrClOS/c1-6-2-3-7(10)4-8(6)13-5-9(11)12/h2-4H,5H2,1H3. The van der Waals surface area contributed by atoms with Gasteiger partial charge in [0.1, 0.15) is 0 Å². The molecule has 1 rings (SSSR count). The van der Waals surface area contributed by atoms with Crippen LogP contribution < -0.4 is 0 Å². The lowest BCUT2D eigenvalue weighted by molar-refractivity contribution is -0.109. The molecule has 0 fully saturated rings. The first kappa shape index (κ1) is 11.1. The van der Waals surface area contributed by atoms with Crippen LogP contribution in [0.15, 0.2) is 27.6 Å². The molecule has 0 saturated carbocycles. The predicted molar refractivity (Wildman–Crippen MR) is 60.5 cm³/mol. The molecule has 0 N–H and O–H groups in total. The van der Waals surface area contributed by atoms with Crippen molar-refractivity contribution in [2.45, 2.75) is 11.8 Å². The van der Waals surface area contributed by atoms with Gasteiger partial charge in [-0.2, -0.15) is 0 Å². The van der Waals surface area contributed by atoms with Crippen molar-refractivity contribution in [3.63, 3.8) is 0 Å². The molecule has 1 nitrogen and oxygen atoms in total. The summed E-state index contributed by atoms with van der Waals surface area (Å²) >= 11 is 10.1. The van der Waals surface area contributed by atoms with Crippen molar-refractivity contribution in [3.8, 4) is 0 Å². The second kappa shape index (κ2) is 5.03. The molecule has 0 atom stereocenters. The van der Waals surface area contributed by atoms with Gasteiger partial charge in [0.05, 0.1) is 5.75 Å². The number of thioether (sulfide) groups is 1. The Balaban J connectivity index is 2.75. The smallest absolute Gasteiger partial charge is 0.231 e. The number of aryl methyl sites for hydroxylation is 1. The third kappa shape index (κ3) is 3.71. The van der Waals surface area contributed by atoms with E-state index in [0.29, 0.717) is 5.75 Å². The number of halogens is 2. The molecule has 0 amide bonds. The number of hydrogen-bond donors (Lipinski definition) is 0. The van der Waals surface area contributed by atoms with Gasteiger partial charge in [0.15, 0.2) is 0 Å². The summed E-state index contributed by atoms with van der Waals surface area (Å²) in [6, 6.07) is 5.97. The molecule has 0 bridgehead atoms. The Morgan fingerprint density at radius 3 is 2.92 bits per heavy atom. The van der Waals surface area contributed by atoms with Gasteiger partial charge < -0.3 is 0 Å². The molecular formula is C9H8BrClOS. The summed E-state index contributed by atoms with van der Waals surface area (Å²) in [5, 5.41) is -0.315. The molecule has 0 aromatic heterocycles. The summed E-state index contributed by atoms with van der Waals surface area (Å²) in [4.78, 5) is 11.6. The lowest BCUT2D eigenvalue weighted by atomic mass is 10.2. The van der Waals surface area contributed by atoms with Crippen LogP contribution in [-0.4, -0.2) is 11.0 Å². The van der Waals surface area contributed by atoms with Gasteiger partial charge in [0, 0.05) is 9.37 Å². The molecule has 0 spiro atoms. The highest BCUT2D eigenvalue weighted by molar-refractivity contribution is 9.10. The fourth-order valence-corrected chi connectivity index (χ4v) is 2.32. The van der Waals surface area contributed by atoms with Crippen LogP contribution in [0.2, 0.25) is 0 Å². The molecule has 70 valence electrons. The summed E-state index contributed by atoms with van der Waals surface area (Å²) in [7, 11) is 0. The minimum atomic E-state index is -0.315. The van der Waals surface area contributed by atoms with E-state index in [1.54, 1.807) is 0 Å². The van der Waals surface area contributed by atoms with Crippen molar-refractivity contribution in [2.24, 2.45) is 0 Å². The molecule has 1 aromatic rings. The van der Waals surface area contributed by atoms with Gasteiger partial charge in [0.2, 0.25) is 5.24 Å². The first-order valence-corrected chi connectivity index (χ1v) is 5.82. The lowest BCUT2D eigenvalue weighted by Gasteiger charge is -2.03. The van der Waals surface area contributed by atoms with Crippen molar-refractivity contribution >= 4 is 44.5 Å². The molecule has 1 aromatic carbocycles. The maximum absolute atomic E-state index is 10.5. The van der Waals surface area contributed by atoms with Gasteiger partial charge >= 0.3 is 0 Å². The number of rotatable bonds is 3. The summed E-state index contributed by atoms with van der Waals surface area (Å²) in [5.74, 6) is 0.318. The third-order valence-corrected chi connectivity index (χ3v) is 3.43. The quantitative estimate of drug-likeness (QED) is 0.621. The van der Waals surface area contributed by atoms with Crippen LogP contribution in [0.4, 0.5) is 0 Å². The lowest BCUT2D eigenvalue weighted by Crippen LogP contribution is -1.90. The summed E-state index contributed by atoms with van der Waals surface area (Å²) in [6.45, 7) is 2.01. The Bertz CT molecular complexity index is 327. The van der Waals surface area contributed by atoms with Crippen LogP contribution in [0.5, 0.6) is 0 Å². The summed E-state index contributed by atoms with van der Waals surface area (Å²) < 4.78 is 1.02. The molecule has 0 heterocycles. The summed E-state index contributed by atoms with van der Waals surface area (Å²) in [5.41, 5.74) is 1.16. The van der Waals surface area contributed by atoms with Crippen LogP contribution in [-0.2, 0) is 4.79 Å². The Hall–Kier alpha value is 0.01000. The van der Waals surface area contributed by atoms with E-state index in [4.69, 9.17) is 11.6 Å². The minimum Gasteiger partial charge on any atom is -0.280 e. The van der Waals surface area contributed by atoms with Gasteiger partial charge in [-0.3, -0.25) is 4.79 Å². The monoisotopic (exact) mass is 278 g/mol. The topological polar surface area (TPSA) is 17.1 Å². The molecule has 0 unspecified atom stereocenters. The Morgan fingerprint density at radius 1 is 1.62 bits per heavy atom. The molecule has 0 saturated heterocycles. The van der Waals surface area contributed by atoms with Crippen LogP contribution in [0.3, 0.4) is 0 Å². The number of carbonyl (C=O) groups excluding carboxylic acids is 1. The van der Waals surface area contributed by atoms with Crippen LogP contribution in [0.1, 0.15) is 5.56 Å². The number of hydrogen-bond acceptors (Lipinski definition) is 2. The van der Waals surface area contributed by atoms with Crippen molar-refractivity contribution in [1.82, 2.24) is 0 Å². The van der Waals surface area contributed by atoms with E-state index in [2.05, 4.69) is 15.9 Å². The predicted octanol–water partition coefficient (Wildman–Crippen LogP) is 3.62. The number of carbonyl (C=O) groups is 1. The van der Waals surface area contributed by atoms with Gasteiger partial charge in [-0.1, -0.05) is 22.0 Å². The van der Waals surface area contributed by atoms with Crippen molar-refractivity contribution < 1.29 is 4.79 Å². The maximum Gasteiger partial charge on any atom is 0.231 e. The van der Waals surface area contributed by atoms with Gasteiger partial charge in [-0.05, 0) is 36.2 Å². The Morgan fingerprint density at radius 2 is 2.31 bits per heavy atom. The highest BCUT2D eigenvalue weighted by Crippen LogP contribution is 2.26. The van der Waals surface area contributed by atoms with Crippen LogP contribution in [0.25, 0.3) is 0 Å². The largest absolute Gasteiger partial charge is 0.280 e. The highest BCUT2D eigenvalue weighted by atomic mass is 79.9. The summed E-state index contributed by atoms with van der Waals surface area (Å²) in [6.07, 6.45) is 0. The zero-order valence-electron chi connectivity index (χ0n) is 7.01. The van der Waals surface area contributed by atoms with Crippen molar-refractivity contribution in [1.29, 1.82) is 0 Å². The van der Waals surface area contributed by atoms with Gasteiger partial charge in [-0.15, -0.1) is 11.8 Å². The van der Waals surface area contributed by atoms with E-state index in [9.17, 15) is 4.79 Å². The first-order chi connectivity index (χ1) is 6.09. The second-order valence-electron chi connectivity index (χ2n) is 2.55. The van der Waals surface area contributed by atoms with Crippen LogP contribution >= 0.6 is 39.3 Å². The maximum atomic E-state index is 10.5. The second-order valence-corrected chi connectivity index (χ2v) is 4.91. The van der Waals surface area contributed by atoms with Gasteiger partial charge in [0.25, 0.3) is 0 Å². The van der Waals surface area contributed by atoms with Crippen molar-refractivity contribution in [2.75, 3.05) is 5.75 Å². The molecule has 0 aliphatic rings. The molecule has 0 radical (unpaired) electrons. The average molecular weight is 280 g/mol. The first-order valence-electron chi connectivity index (χ1n) is 3.67. The third-order valence-electron chi connectivity index (χ3n) is 1.49. The zero-order chi connectivity index (χ0) is 9.84. The fraction of sp³-hybridized carbons (Fsp3) is 0.222. The normalized spacial score (nSPS) is 10.1. The van der Waals surface area contributed by atoms with E-state index < -0.39 is 0 Å². The zero-order valence-corrected chi connectivity index (χ0v) is 10.2. The Kier molecular flexibility index (Phi) is 4.29. The minimum absolute atomic E-state index is 0.315. The number of benzene rings is 1. The Labute approximate surface area is 95.0 Å². The fourth-order valence-electron chi connectivity index (χ4n) is 0.864. The van der Waals surface area contributed by atoms with Gasteiger partial charge in [-0.25, -0.2) is 0 Å². The van der Waals surface area contributed by atoms with Crippen LogP contribution in [0, 0.1) is 6.92 Å². The molecule has 13 heavy (non-hydrogen) atoms. The average Bonchev–Trinajstić information content (AvgIpc) is 2.06. The molecular weight excluding hydrogens is 272 g/mol. The molecule has 0 aliphatic carbocycles. The molecule has 0 aliphatic heterocycles. The SMILES string of the molecule is Cc1ccc(Br)cc1SCC(=O)Cl. The van der Waals surface area contributed by atoms with E-state index in [1.807, 2.05) is 25.1 Å². The van der Waals surface area contributed by atoms with E-state index in [-0.39, 0.29) is 5.24 Å². The van der Waals surface area contributed by atoms with Crippen molar-refractivity contribution in [3.05, 3.63) is 28.2 Å².